The van der Waals surface area contributed by atoms with Gasteiger partial charge < -0.3 is 5.32 Å². The number of hydrogen-bond donors (Lipinski definition) is 1. The van der Waals surface area contributed by atoms with Gasteiger partial charge in [-0.1, -0.05) is 20.3 Å². The molecule has 108 valence electrons. The van der Waals surface area contributed by atoms with Crippen LogP contribution in [-0.4, -0.2) is 60.6 Å². The molecular weight excluding hydrogens is 222 g/mol. The highest BCUT2D eigenvalue weighted by atomic mass is 15.3. The Hall–Kier alpha value is -0.120. The van der Waals surface area contributed by atoms with E-state index in [2.05, 4.69) is 49.7 Å². The molecule has 3 heteroatoms. The minimum Gasteiger partial charge on any atom is -0.313 e. The highest BCUT2D eigenvalue weighted by Crippen LogP contribution is 2.11. The lowest BCUT2D eigenvalue weighted by atomic mass is 10.1. The van der Waals surface area contributed by atoms with Gasteiger partial charge in [0.05, 0.1) is 0 Å². The third kappa shape index (κ3) is 4.87. The first-order valence-corrected chi connectivity index (χ1v) is 7.79. The highest BCUT2D eigenvalue weighted by Gasteiger charge is 2.25. The van der Waals surface area contributed by atoms with Crippen LogP contribution in [0.3, 0.4) is 0 Å². The fourth-order valence-corrected chi connectivity index (χ4v) is 2.93. The molecule has 0 saturated carbocycles. The molecule has 3 unspecified atom stereocenters. The highest BCUT2D eigenvalue weighted by molar-refractivity contribution is 4.82. The second kappa shape index (κ2) is 8.13. The zero-order chi connectivity index (χ0) is 13.5. The molecule has 0 aromatic rings. The Morgan fingerprint density at radius 2 is 1.94 bits per heavy atom. The Bertz CT molecular complexity index is 220. The SMILES string of the molecule is CCCC(C)NCC(C)N1CCN(CC)C(C)C1. The fraction of sp³-hybridized carbons (Fsp3) is 1.00. The largest absolute Gasteiger partial charge is 0.313 e. The third-order valence-corrected chi connectivity index (χ3v) is 4.31. The number of piperazine rings is 1. The quantitative estimate of drug-likeness (QED) is 0.752. The van der Waals surface area contributed by atoms with Crippen molar-refractivity contribution in [3.05, 3.63) is 0 Å². The molecule has 0 spiro atoms. The van der Waals surface area contributed by atoms with E-state index in [1.807, 2.05) is 0 Å². The molecule has 0 aliphatic carbocycles. The Morgan fingerprint density at radius 1 is 1.22 bits per heavy atom. The summed E-state index contributed by atoms with van der Waals surface area (Å²) < 4.78 is 0. The van der Waals surface area contributed by atoms with Crippen LogP contribution >= 0.6 is 0 Å². The van der Waals surface area contributed by atoms with E-state index in [0.29, 0.717) is 18.1 Å². The van der Waals surface area contributed by atoms with Crippen LogP contribution < -0.4 is 5.32 Å². The Labute approximate surface area is 114 Å². The van der Waals surface area contributed by atoms with Gasteiger partial charge >= 0.3 is 0 Å². The number of nitrogens with one attached hydrogen (secondary N) is 1. The first-order valence-electron chi connectivity index (χ1n) is 7.79. The maximum absolute atomic E-state index is 3.67. The van der Waals surface area contributed by atoms with E-state index in [4.69, 9.17) is 0 Å². The van der Waals surface area contributed by atoms with Crippen LogP contribution in [-0.2, 0) is 0 Å². The molecule has 0 amide bonds. The van der Waals surface area contributed by atoms with Crippen molar-refractivity contribution >= 4 is 0 Å². The van der Waals surface area contributed by atoms with Crippen LogP contribution in [0, 0.1) is 0 Å². The molecule has 1 heterocycles. The van der Waals surface area contributed by atoms with Crippen LogP contribution in [0.25, 0.3) is 0 Å². The van der Waals surface area contributed by atoms with Crippen molar-refractivity contribution in [3.63, 3.8) is 0 Å². The van der Waals surface area contributed by atoms with Gasteiger partial charge in [0.2, 0.25) is 0 Å². The number of hydrogen-bond acceptors (Lipinski definition) is 3. The lowest BCUT2D eigenvalue weighted by molar-refractivity contribution is 0.0629. The maximum atomic E-state index is 3.67. The van der Waals surface area contributed by atoms with Gasteiger partial charge in [0, 0.05) is 44.3 Å². The van der Waals surface area contributed by atoms with Crippen molar-refractivity contribution in [2.24, 2.45) is 0 Å². The molecule has 0 aromatic heterocycles. The van der Waals surface area contributed by atoms with Crippen LogP contribution in [0.15, 0.2) is 0 Å². The van der Waals surface area contributed by atoms with E-state index in [1.165, 1.54) is 39.0 Å². The zero-order valence-electron chi connectivity index (χ0n) is 13.1. The van der Waals surface area contributed by atoms with Crippen LogP contribution in [0.2, 0.25) is 0 Å². The van der Waals surface area contributed by atoms with Crippen molar-refractivity contribution in [3.8, 4) is 0 Å². The van der Waals surface area contributed by atoms with E-state index >= 15 is 0 Å². The minimum atomic E-state index is 0.658. The molecular formula is C15H33N3. The number of rotatable bonds is 7. The van der Waals surface area contributed by atoms with Crippen LogP contribution in [0.4, 0.5) is 0 Å². The van der Waals surface area contributed by atoms with Gasteiger partial charge in [-0.15, -0.1) is 0 Å². The lowest BCUT2D eigenvalue weighted by Gasteiger charge is -2.42. The van der Waals surface area contributed by atoms with Crippen molar-refractivity contribution < 1.29 is 0 Å². The first kappa shape index (κ1) is 15.9. The molecule has 1 N–H and O–H groups in total. The third-order valence-electron chi connectivity index (χ3n) is 4.31. The predicted octanol–water partition coefficient (Wildman–Crippen LogP) is 2.18. The monoisotopic (exact) mass is 255 g/mol. The van der Waals surface area contributed by atoms with Crippen LogP contribution in [0.5, 0.6) is 0 Å². The van der Waals surface area contributed by atoms with Gasteiger partial charge in [-0.25, -0.2) is 0 Å². The molecule has 0 bridgehead atoms. The fourth-order valence-electron chi connectivity index (χ4n) is 2.93. The summed E-state index contributed by atoms with van der Waals surface area (Å²) in [7, 11) is 0. The molecule has 1 saturated heterocycles. The van der Waals surface area contributed by atoms with E-state index < -0.39 is 0 Å². The van der Waals surface area contributed by atoms with Crippen LogP contribution in [0.1, 0.15) is 47.5 Å². The molecule has 1 fully saturated rings. The van der Waals surface area contributed by atoms with Gasteiger partial charge in [0.25, 0.3) is 0 Å². The second-order valence-electron chi connectivity index (χ2n) is 5.92. The summed E-state index contributed by atoms with van der Waals surface area (Å²) in [6.07, 6.45) is 2.56. The predicted molar refractivity (Wildman–Crippen MR) is 80.1 cm³/mol. The summed E-state index contributed by atoms with van der Waals surface area (Å²) in [5.74, 6) is 0. The Balaban J connectivity index is 2.28. The summed E-state index contributed by atoms with van der Waals surface area (Å²) in [5, 5.41) is 3.67. The number of likely N-dealkylation sites (N-methyl/N-ethyl adjacent to an activating group) is 1. The van der Waals surface area contributed by atoms with E-state index in [0.717, 1.165) is 6.54 Å². The van der Waals surface area contributed by atoms with Crippen molar-refractivity contribution in [1.29, 1.82) is 0 Å². The molecule has 1 rings (SSSR count). The van der Waals surface area contributed by atoms with E-state index in [-0.39, 0.29) is 0 Å². The average Bonchev–Trinajstić information content (AvgIpc) is 2.36. The summed E-state index contributed by atoms with van der Waals surface area (Å²) in [4.78, 5) is 5.22. The van der Waals surface area contributed by atoms with Crippen molar-refractivity contribution in [2.45, 2.75) is 65.6 Å². The maximum Gasteiger partial charge on any atom is 0.0195 e. The molecule has 1 aliphatic heterocycles. The normalized spacial score (nSPS) is 26.2. The molecule has 0 radical (unpaired) electrons. The van der Waals surface area contributed by atoms with E-state index in [1.54, 1.807) is 0 Å². The van der Waals surface area contributed by atoms with Gasteiger partial charge in [-0.3, -0.25) is 9.80 Å². The molecule has 18 heavy (non-hydrogen) atoms. The van der Waals surface area contributed by atoms with Crippen molar-refractivity contribution in [1.82, 2.24) is 15.1 Å². The lowest BCUT2D eigenvalue weighted by Crippen LogP contribution is -2.56. The summed E-state index contributed by atoms with van der Waals surface area (Å²) in [6, 6.07) is 2.02. The standard InChI is InChI=1S/C15H33N3/c1-6-8-13(3)16-11-14(4)18-10-9-17(7-2)15(5)12-18/h13-16H,6-12H2,1-5H3. The first-order chi connectivity index (χ1) is 8.58. The summed E-state index contributed by atoms with van der Waals surface area (Å²) >= 11 is 0. The average molecular weight is 255 g/mol. The zero-order valence-corrected chi connectivity index (χ0v) is 13.1. The molecule has 0 aromatic carbocycles. The molecule has 3 nitrogen and oxygen atoms in total. The minimum absolute atomic E-state index is 0.658. The second-order valence-corrected chi connectivity index (χ2v) is 5.92. The molecule has 1 aliphatic rings. The summed E-state index contributed by atoms with van der Waals surface area (Å²) in [6.45, 7) is 17.5. The Kier molecular flexibility index (Phi) is 7.20. The number of nitrogens with zero attached hydrogens (tertiary/aromatic N) is 2. The van der Waals surface area contributed by atoms with Gasteiger partial charge in [-0.05, 0) is 33.7 Å². The van der Waals surface area contributed by atoms with Crippen molar-refractivity contribution in [2.75, 3.05) is 32.7 Å². The topological polar surface area (TPSA) is 18.5 Å². The van der Waals surface area contributed by atoms with E-state index in [9.17, 15) is 0 Å². The van der Waals surface area contributed by atoms with Gasteiger partial charge in [0.15, 0.2) is 0 Å². The Morgan fingerprint density at radius 3 is 2.50 bits per heavy atom. The summed E-state index contributed by atoms with van der Waals surface area (Å²) in [5.41, 5.74) is 0. The smallest absolute Gasteiger partial charge is 0.0195 e. The van der Waals surface area contributed by atoms with Gasteiger partial charge in [-0.2, -0.15) is 0 Å². The van der Waals surface area contributed by atoms with Gasteiger partial charge in [0.1, 0.15) is 0 Å². The molecule has 3 atom stereocenters.